The van der Waals surface area contributed by atoms with Crippen LogP contribution in [0.2, 0.25) is 0 Å². The summed E-state index contributed by atoms with van der Waals surface area (Å²) in [5, 5.41) is 0. The van der Waals surface area contributed by atoms with E-state index in [0.29, 0.717) is 19.6 Å². The standard InChI is InChI=1S/C14H25NO3S/c1-7-18-13(16)12-8-10(2)11(3)9-15(12)19(17)14(4,5)6/h12H,7-9H2,1-6H3/t12-,19?/m0/s1. The summed E-state index contributed by atoms with van der Waals surface area (Å²) in [6.07, 6.45) is 0.604. The van der Waals surface area contributed by atoms with Crippen LogP contribution in [-0.4, -0.2) is 38.4 Å². The van der Waals surface area contributed by atoms with Crippen LogP contribution in [0.25, 0.3) is 0 Å². The normalized spacial score (nSPS) is 23.4. The van der Waals surface area contributed by atoms with Crippen LogP contribution in [0.1, 0.15) is 48.0 Å². The largest absolute Gasteiger partial charge is 0.465 e. The van der Waals surface area contributed by atoms with Gasteiger partial charge in [-0.15, -0.1) is 0 Å². The van der Waals surface area contributed by atoms with Crippen molar-refractivity contribution in [2.24, 2.45) is 0 Å². The van der Waals surface area contributed by atoms with Gasteiger partial charge in [-0.2, -0.15) is 0 Å². The molecule has 0 aliphatic carbocycles. The minimum atomic E-state index is -1.22. The Hall–Kier alpha value is -0.680. The molecule has 0 amide bonds. The van der Waals surface area contributed by atoms with E-state index < -0.39 is 17.0 Å². The van der Waals surface area contributed by atoms with Crippen molar-refractivity contribution in [1.82, 2.24) is 4.31 Å². The Morgan fingerprint density at radius 3 is 2.42 bits per heavy atom. The van der Waals surface area contributed by atoms with E-state index in [9.17, 15) is 9.00 Å². The molecule has 0 saturated heterocycles. The van der Waals surface area contributed by atoms with Gasteiger partial charge in [0.1, 0.15) is 17.0 Å². The van der Waals surface area contributed by atoms with Crippen LogP contribution in [0.4, 0.5) is 0 Å². The lowest BCUT2D eigenvalue weighted by Crippen LogP contribution is -2.50. The minimum Gasteiger partial charge on any atom is -0.465 e. The summed E-state index contributed by atoms with van der Waals surface area (Å²) >= 11 is 0. The van der Waals surface area contributed by atoms with Gasteiger partial charge in [-0.05, 0) is 48.0 Å². The van der Waals surface area contributed by atoms with E-state index in [1.807, 2.05) is 34.6 Å². The monoisotopic (exact) mass is 287 g/mol. The summed E-state index contributed by atoms with van der Waals surface area (Å²) in [4.78, 5) is 12.1. The molecule has 0 fully saturated rings. The second-order valence-electron chi connectivity index (χ2n) is 5.97. The lowest BCUT2D eigenvalue weighted by atomic mass is 9.98. The van der Waals surface area contributed by atoms with Gasteiger partial charge in [-0.1, -0.05) is 11.1 Å². The van der Waals surface area contributed by atoms with Crippen LogP contribution in [-0.2, 0) is 20.5 Å². The molecule has 0 saturated carbocycles. The molecule has 110 valence electrons. The van der Waals surface area contributed by atoms with E-state index in [1.54, 1.807) is 11.2 Å². The highest BCUT2D eigenvalue weighted by Gasteiger charge is 2.38. The van der Waals surface area contributed by atoms with Gasteiger partial charge in [0.05, 0.1) is 11.4 Å². The fourth-order valence-electron chi connectivity index (χ4n) is 2.01. The molecule has 1 heterocycles. The maximum Gasteiger partial charge on any atom is 0.324 e. The maximum absolute atomic E-state index is 12.6. The summed E-state index contributed by atoms with van der Waals surface area (Å²) in [7, 11) is -1.22. The molecule has 1 aliphatic heterocycles. The average molecular weight is 287 g/mol. The first-order chi connectivity index (χ1) is 8.68. The molecule has 2 atom stereocenters. The molecule has 1 unspecified atom stereocenters. The van der Waals surface area contributed by atoms with Crippen LogP contribution >= 0.6 is 0 Å². The summed E-state index contributed by atoms with van der Waals surface area (Å²) in [5.74, 6) is -0.271. The van der Waals surface area contributed by atoms with Crippen molar-refractivity contribution in [3.8, 4) is 0 Å². The number of nitrogens with zero attached hydrogens (tertiary/aromatic N) is 1. The van der Waals surface area contributed by atoms with Crippen LogP contribution in [0.5, 0.6) is 0 Å². The van der Waals surface area contributed by atoms with Crippen LogP contribution in [0.3, 0.4) is 0 Å². The van der Waals surface area contributed by atoms with Crippen molar-refractivity contribution in [3.63, 3.8) is 0 Å². The number of carbonyl (C=O) groups is 1. The van der Waals surface area contributed by atoms with Gasteiger partial charge in [-0.3, -0.25) is 4.79 Å². The molecule has 0 aromatic heterocycles. The van der Waals surface area contributed by atoms with E-state index in [1.165, 1.54) is 11.1 Å². The van der Waals surface area contributed by atoms with Gasteiger partial charge in [0.25, 0.3) is 0 Å². The molecule has 0 aromatic carbocycles. The predicted octanol–water partition coefficient (Wildman–Crippen LogP) is 2.42. The second kappa shape index (κ2) is 6.18. The van der Waals surface area contributed by atoms with E-state index in [-0.39, 0.29) is 10.7 Å². The number of hydrogen-bond donors (Lipinski definition) is 0. The fraction of sp³-hybridized carbons (Fsp3) is 0.786. The SMILES string of the molecule is CCOC(=O)[C@@H]1CC(C)=C(C)CN1S(=O)C(C)(C)C. The average Bonchev–Trinajstić information content (AvgIpc) is 2.30. The number of hydrogen-bond acceptors (Lipinski definition) is 3. The number of carbonyl (C=O) groups excluding carboxylic acids is 1. The molecule has 0 spiro atoms. The summed E-state index contributed by atoms with van der Waals surface area (Å²) in [5.41, 5.74) is 2.39. The molecular weight excluding hydrogens is 262 g/mol. The van der Waals surface area contributed by atoms with Crippen LogP contribution in [0, 0.1) is 0 Å². The lowest BCUT2D eigenvalue weighted by Gasteiger charge is -2.37. The van der Waals surface area contributed by atoms with Crippen molar-refractivity contribution in [2.75, 3.05) is 13.2 Å². The van der Waals surface area contributed by atoms with Crippen LogP contribution < -0.4 is 0 Å². The molecule has 0 N–H and O–H groups in total. The third-order valence-electron chi connectivity index (χ3n) is 3.26. The van der Waals surface area contributed by atoms with Gasteiger partial charge in [0.15, 0.2) is 0 Å². The molecule has 1 aliphatic rings. The minimum absolute atomic E-state index is 0.271. The Morgan fingerprint density at radius 2 is 1.95 bits per heavy atom. The van der Waals surface area contributed by atoms with Crippen molar-refractivity contribution in [3.05, 3.63) is 11.1 Å². The quantitative estimate of drug-likeness (QED) is 0.591. The summed E-state index contributed by atoms with van der Waals surface area (Å²) in [6, 6.07) is -0.427. The smallest absolute Gasteiger partial charge is 0.324 e. The zero-order valence-electron chi connectivity index (χ0n) is 12.8. The fourth-order valence-corrected chi connectivity index (χ4v) is 3.42. The third-order valence-corrected chi connectivity index (χ3v) is 5.12. The first-order valence-corrected chi connectivity index (χ1v) is 7.79. The van der Waals surface area contributed by atoms with E-state index in [4.69, 9.17) is 4.74 Å². The van der Waals surface area contributed by atoms with E-state index >= 15 is 0 Å². The molecular formula is C14H25NO3S. The van der Waals surface area contributed by atoms with Crippen molar-refractivity contribution in [2.45, 2.75) is 58.8 Å². The number of rotatable bonds is 3. The molecule has 0 radical (unpaired) electrons. The zero-order valence-corrected chi connectivity index (χ0v) is 13.6. The summed E-state index contributed by atoms with van der Waals surface area (Å²) in [6.45, 7) is 12.5. The van der Waals surface area contributed by atoms with Crippen molar-refractivity contribution < 1.29 is 13.7 Å². The highest BCUT2D eigenvalue weighted by atomic mass is 32.2. The molecule has 19 heavy (non-hydrogen) atoms. The Bertz CT molecular complexity index is 409. The topological polar surface area (TPSA) is 46.6 Å². The molecule has 5 heteroatoms. The van der Waals surface area contributed by atoms with Gasteiger partial charge >= 0.3 is 5.97 Å². The van der Waals surface area contributed by atoms with Gasteiger partial charge in [-0.25, -0.2) is 8.51 Å². The second-order valence-corrected chi connectivity index (χ2v) is 8.16. The van der Waals surface area contributed by atoms with Gasteiger partial charge < -0.3 is 4.74 Å². The zero-order chi connectivity index (χ0) is 14.8. The van der Waals surface area contributed by atoms with Gasteiger partial charge in [0, 0.05) is 6.54 Å². The number of ether oxygens (including phenoxy) is 1. The molecule has 1 rings (SSSR count). The first kappa shape index (κ1) is 16.4. The highest BCUT2D eigenvalue weighted by molar-refractivity contribution is 7.84. The molecule has 4 nitrogen and oxygen atoms in total. The Kier molecular flexibility index (Phi) is 5.33. The lowest BCUT2D eigenvalue weighted by molar-refractivity contribution is -0.147. The summed E-state index contributed by atoms with van der Waals surface area (Å²) < 4.78 is 19.1. The highest BCUT2D eigenvalue weighted by Crippen LogP contribution is 2.28. The Morgan fingerprint density at radius 1 is 1.37 bits per heavy atom. The Balaban J connectivity index is 3.04. The van der Waals surface area contributed by atoms with Crippen molar-refractivity contribution in [1.29, 1.82) is 0 Å². The van der Waals surface area contributed by atoms with E-state index in [2.05, 4.69) is 0 Å². The maximum atomic E-state index is 12.6. The predicted molar refractivity (Wildman–Crippen MR) is 78.0 cm³/mol. The molecule has 0 aromatic rings. The van der Waals surface area contributed by atoms with Crippen molar-refractivity contribution >= 4 is 17.0 Å². The van der Waals surface area contributed by atoms with Crippen LogP contribution in [0.15, 0.2) is 11.1 Å². The van der Waals surface area contributed by atoms with Gasteiger partial charge in [0.2, 0.25) is 0 Å². The molecule has 0 bridgehead atoms. The first-order valence-electron chi connectivity index (χ1n) is 6.69. The third kappa shape index (κ3) is 3.89. The Labute approximate surface area is 118 Å². The number of esters is 1. The van der Waals surface area contributed by atoms with E-state index in [0.717, 1.165) is 0 Å².